The molecule has 4 rings (SSSR count). The normalized spacial score (nSPS) is 12.5. The smallest absolute Gasteiger partial charge is 0.261 e. The van der Waals surface area contributed by atoms with E-state index in [2.05, 4.69) is 5.32 Å². The first kappa shape index (κ1) is 26.8. The van der Waals surface area contributed by atoms with Gasteiger partial charge in [-0.05, 0) is 74.0 Å². The van der Waals surface area contributed by atoms with Crippen molar-refractivity contribution in [2.45, 2.75) is 25.7 Å². The number of halogens is 2. The molecule has 0 radical (unpaired) electrons. The van der Waals surface area contributed by atoms with E-state index in [0.717, 1.165) is 67.2 Å². The molecule has 1 aliphatic rings. The van der Waals surface area contributed by atoms with Crippen LogP contribution in [0.1, 0.15) is 46.4 Å². The van der Waals surface area contributed by atoms with E-state index in [1.165, 1.54) is 4.90 Å². The number of carbonyl (C=O) groups excluding carboxylic acids is 2. The maximum Gasteiger partial charge on any atom is 0.261 e. The van der Waals surface area contributed by atoms with Crippen molar-refractivity contribution in [3.63, 3.8) is 0 Å². The molecule has 3 aromatic rings. The second-order valence-electron chi connectivity index (χ2n) is 7.97. The van der Waals surface area contributed by atoms with Crippen LogP contribution in [0.2, 0.25) is 0 Å². The highest BCUT2D eigenvalue weighted by Gasteiger charge is 2.32. The third-order valence-electron chi connectivity index (χ3n) is 5.87. The van der Waals surface area contributed by atoms with Gasteiger partial charge in [0.05, 0.1) is 0 Å². The van der Waals surface area contributed by atoms with Crippen LogP contribution < -0.4 is 11.1 Å². The zero-order valence-corrected chi connectivity index (χ0v) is 20.2. The number of nitrogens with zero attached hydrogens (tertiary/aromatic N) is 1. The number of rotatable bonds is 10. The Morgan fingerprint density at radius 3 is 2.03 bits per heavy atom. The van der Waals surface area contributed by atoms with E-state index in [0.29, 0.717) is 17.7 Å². The van der Waals surface area contributed by atoms with Crippen LogP contribution in [-0.4, -0.2) is 42.9 Å². The molecule has 3 aromatic carbocycles. The molecular formula is C26H31Cl2N3O2. The average molecular weight is 488 g/mol. The third-order valence-corrected chi connectivity index (χ3v) is 5.87. The standard InChI is InChI=1S/C26H29N3O2.2ClH/c27-15-4-5-16-28-17-6-7-18-29-25(30)22-12-8-11-21-20(19-9-2-1-3-10-19)13-14-23(24(21)22)26(29)31;;/h1-3,8-14,28H,4-7,15-18,27H2;2*1H. The van der Waals surface area contributed by atoms with E-state index in [9.17, 15) is 9.59 Å². The predicted octanol–water partition coefficient (Wildman–Crippen LogP) is 5.06. The number of nitrogens with one attached hydrogen (secondary N) is 1. The molecule has 0 fully saturated rings. The summed E-state index contributed by atoms with van der Waals surface area (Å²) in [5.74, 6) is -0.381. The number of hydrogen-bond acceptors (Lipinski definition) is 4. The molecule has 0 saturated carbocycles. The van der Waals surface area contributed by atoms with Crippen molar-refractivity contribution in [3.05, 3.63) is 71.8 Å². The molecule has 5 nitrogen and oxygen atoms in total. The number of amides is 2. The lowest BCUT2D eigenvalue weighted by atomic mass is 9.89. The van der Waals surface area contributed by atoms with E-state index >= 15 is 0 Å². The van der Waals surface area contributed by atoms with Crippen LogP contribution in [0, 0.1) is 0 Å². The van der Waals surface area contributed by atoms with E-state index < -0.39 is 0 Å². The minimum Gasteiger partial charge on any atom is -0.330 e. The highest BCUT2D eigenvalue weighted by Crippen LogP contribution is 2.36. The van der Waals surface area contributed by atoms with Gasteiger partial charge in [-0.3, -0.25) is 14.5 Å². The monoisotopic (exact) mass is 487 g/mol. The fourth-order valence-electron chi connectivity index (χ4n) is 4.26. The fraction of sp³-hybridized carbons (Fsp3) is 0.308. The lowest BCUT2D eigenvalue weighted by molar-refractivity contribution is 0.0608. The molecule has 7 heteroatoms. The summed E-state index contributed by atoms with van der Waals surface area (Å²) in [4.78, 5) is 27.8. The van der Waals surface area contributed by atoms with E-state index in [4.69, 9.17) is 5.73 Å². The molecule has 0 saturated heterocycles. The van der Waals surface area contributed by atoms with E-state index in [1.807, 2.05) is 60.7 Å². The van der Waals surface area contributed by atoms with Crippen LogP contribution in [0.4, 0.5) is 0 Å². The van der Waals surface area contributed by atoms with Crippen LogP contribution >= 0.6 is 24.8 Å². The zero-order valence-electron chi connectivity index (χ0n) is 18.6. The van der Waals surface area contributed by atoms with Gasteiger partial charge in [-0.2, -0.15) is 0 Å². The largest absolute Gasteiger partial charge is 0.330 e. The summed E-state index contributed by atoms with van der Waals surface area (Å²) in [6, 6.07) is 19.7. The summed E-state index contributed by atoms with van der Waals surface area (Å²) in [5, 5.41) is 5.11. The second kappa shape index (κ2) is 12.7. The minimum absolute atomic E-state index is 0. The molecule has 0 atom stereocenters. The molecule has 0 spiro atoms. The molecule has 33 heavy (non-hydrogen) atoms. The lowest BCUT2D eigenvalue weighted by Gasteiger charge is -2.28. The van der Waals surface area contributed by atoms with Gasteiger partial charge in [0, 0.05) is 23.1 Å². The highest BCUT2D eigenvalue weighted by molar-refractivity contribution is 6.26. The molecule has 3 N–H and O–H groups in total. The molecule has 1 heterocycles. The Bertz CT molecular complexity index is 1070. The van der Waals surface area contributed by atoms with Gasteiger partial charge in [-0.15, -0.1) is 24.8 Å². The first-order chi connectivity index (χ1) is 15.2. The Labute approximate surface area is 207 Å². The molecule has 2 amide bonds. The summed E-state index contributed by atoms with van der Waals surface area (Å²) in [6.45, 7) is 3.01. The summed E-state index contributed by atoms with van der Waals surface area (Å²) in [6.07, 6.45) is 3.81. The Morgan fingerprint density at radius 2 is 1.33 bits per heavy atom. The number of hydrogen-bond donors (Lipinski definition) is 2. The second-order valence-corrected chi connectivity index (χ2v) is 7.97. The van der Waals surface area contributed by atoms with Crippen LogP contribution in [0.15, 0.2) is 60.7 Å². The molecule has 0 unspecified atom stereocenters. The first-order valence-electron chi connectivity index (χ1n) is 11.1. The van der Waals surface area contributed by atoms with Crippen LogP contribution in [-0.2, 0) is 0 Å². The number of benzene rings is 3. The fourth-order valence-corrected chi connectivity index (χ4v) is 4.26. The summed E-state index contributed by atoms with van der Waals surface area (Å²) in [7, 11) is 0. The maximum absolute atomic E-state index is 13.2. The van der Waals surface area contributed by atoms with Crippen molar-refractivity contribution in [3.8, 4) is 11.1 Å². The van der Waals surface area contributed by atoms with E-state index in [1.54, 1.807) is 0 Å². The number of nitrogens with two attached hydrogens (primary N) is 1. The third kappa shape index (κ3) is 5.74. The topological polar surface area (TPSA) is 75.4 Å². The number of unbranched alkanes of at least 4 members (excludes halogenated alkanes) is 2. The molecule has 0 aliphatic carbocycles. The van der Waals surface area contributed by atoms with Gasteiger partial charge < -0.3 is 11.1 Å². The molecule has 1 aliphatic heterocycles. The predicted molar refractivity (Wildman–Crippen MR) is 140 cm³/mol. The van der Waals surface area contributed by atoms with Crippen LogP contribution in [0.5, 0.6) is 0 Å². The van der Waals surface area contributed by atoms with Gasteiger partial charge in [0.2, 0.25) is 0 Å². The molecular weight excluding hydrogens is 457 g/mol. The lowest BCUT2D eigenvalue weighted by Crippen LogP contribution is -2.41. The van der Waals surface area contributed by atoms with Crippen LogP contribution in [0.3, 0.4) is 0 Å². The summed E-state index contributed by atoms with van der Waals surface area (Å²) in [5.41, 5.74) is 8.85. The number of imide groups is 1. The van der Waals surface area contributed by atoms with Gasteiger partial charge in [0.1, 0.15) is 0 Å². The van der Waals surface area contributed by atoms with Gasteiger partial charge in [0.25, 0.3) is 11.8 Å². The van der Waals surface area contributed by atoms with Crippen molar-refractivity contribution < 1.29 is 9.59 Å². The quantitative estimate of drug-likeness (QED) is 0.309. The maximum atomic E-state index is 13.2. The van der Waals surface area contributed by atoms with Crippen molar-refractivity contribution >= 4 is 47.4 Å². The molecule has 0 bridgehead atoms. The van der Waals surface area contributed by atoms with E-state index in [-0.39, 0.29) is 36.6 Å². The average Bonchev–Trinajstić information content (AvgIpc) is 2.81. The first-order valence-corrected chi connectivity index (χ1v) is 11.1. The zero-order chi connectivity index (χ0) is 21.6. The van der Waals surface area contributed by atoms with Crippen LogP contribution in [0.25, 0.3) is 21.9 Å². The van der Waals surface area contributed by atoms with Crippen molar-refractivity contribution in [2.24, 2.45) is 5.73 Å². The highest BCUT2D eigenvalue weighted by atomic mass is 35.5. The molecule has 176 valence electrons. The van der Waals surface area contributed by atoms with Crippen molar-refractivity contribution in [1.29, 1.82) is 0 Å². The summed E-state index contributed by atoms with van der Waals surface area (Å²) < 4.78 is 0. The van der Waals surface area contributed by atoms with Gasteiger partial charge in [0.15, 0.2) is 0 Å². The van der Waals surface area contributed by atoms with Gasteiger partial charge >= 0.3 is 0 Å². The summed E-state index contributed by atoms with van der Waals surface area (Å²) >= 11 is 0. The van der Waals surface area contributed by atoms with Crippen molar-refractivity contribution in [2.75, 3.05) is 26.2 Å². The van der Waals surface area contributed by atoms with Crippen molar-refractivity contribution in [1.82, 2.24) is 10.2 Å². The Kier molecular flexibility index (Phi) is 10.3. The SMILES string of the molecule is Cl.Cl.NCCCCNCCCCN1C(=O)c2cccc3c(-c4ccccc4)ccc(c23)C1=O. The van der Waals surface area contributed by atoms with Gasteiger partial charge in [-0.1, -0.05) is 48.5 Å². The number of carbonyl (C=O) groups is 2. The Morgan fingerprint density at radius 1 is 0.697 bits per heavy atom. The van der Waals surface area contributed by atoms with Gasteiger partial charge in [-0.25, -0.2) is 0 Å². The Hall–Kier alpha value is -2.44. The molecule has 0 aromatic heterocycles. The minimum atomic E-state index is -0.191. The Balaban J connectivity index is 0.00000193.